The number of anilines is 1. The van der Waals surface area contributed by atoms with Gasteiger partial charge in [0.1, 0.15) is 5.01 Å². The van der Waals surface area contributed by atoms with E-state index in [1.165, 1.54) is 11.3 Å². The van der Waals surface area contributed by atoms with Crippen molar-refractivity contribution in [3.63, 3.8) is 0 Å². The number of fused-ring (bicyclic) bond motifs is 1. The number of hydrogen-bond donors (Lipinski definition) is 3. The molecule has 0 aliphatic heterocycles. The number of carboxylic acids is 1. The smallest absolute Gasteiger partial charge is 0.335 e. The van der Waals surface area contributed by atoms with Gasteiger partial charge in [0.15, 0.2) is 0 Å². The number of nitrogens with two attached hydrogens (primary N) is 1. The van der Waals surface area contributed by atoms with Crippen LogP contribution in [0.3, 0.4) is 0 Å². The van der Waals surface area contributed by atoms with Gasteiger partial charge in [0, 0.05) is 16.1 Å². The predicted molar refractivity (Wildman–Crippen MR) is 83.7 cm³/mol. The van der Waals surface area contributed by atoms with E-state index in [1.54, 1.807) is 18.2 Å². The number of aromatic carboxylic acids is 1. The van der Waals surface area contributed by atoms with Gasteiger partial charge in [-0.25, -0.2) is 9.78 Å². The Morgan fingerprint density at radius 2 is 2.10 bits per heavy atom. The zero-order valence-electron chi connectivity index (χ0n) is 10.2. The third kappa shape index (κ3) is 2.23. The zero-order valence-corrected chi connectivity index (χ0v) is 11.9. The SMILES string of the molecule is Nc1cc2sc(-c3cccc(C(=O)O)c3)nc2cc1S. The molecule has 0 aliphatic rings. The summed E-state index contributed by atoms with van der Waals surface area (Å²) < 4.78 is 0.955. The number of benzene rings is 2. The third-order valence-electron chi connectivity index (χ3n) is 2.89. The van der Waals surface area contributed by atoms with Crippen LogP contribution in [-0.2, 0) is 0 Å². The maximum Gasteiger partial charge on any atom is 0.335 e. The second-order valence-electron chi connectivity index (χ2n) is 4.28. The van der Waals surface area contributed by atoms with Gasteiger partial charge >= 0.3 is 5.97 Å². The molecule has 0 spiro atoms. The number of aromatic nitrogens is 1. The first-order chi connectivity index (χ1) is 9.54. The van der Waals surface area contributed by atoms with E-state index in [2.05, 4.69) is 17.6 Å². The predicted octanol–water partition coefficient (Wildman–Crippen LogP) is 3.53. The average Bonchev–Trinajstić information content (AvgIpc) is 2.82. The van der Waals surface area contributed by atoms with Crippen LogP contribution >= 0.6 is 24.0 Å². The summed E-state index contributed by atoms with van der Waals surface area (Å²) in [5.41, 5.74) is 8.27. The zero-order chi connectivity index (χ0) is 14.3. The van der Waals surface area contributed by atoms with Gasteiger partial charge < -0.3 is 10.8 Å². The lowest BCUT2D eigenvalue weighted by Crippen LogP contribution is -1.95. The Balaban J connectivity index is 2.15. The van der Waals surface area contributed by atoms with Gasteiger partial charge in [-0.15, -0.1) is 24.0 Å². The summed E-state index contributed by atoms with van der Waals surface area (Å²) in [5.74, 6) is -0.949. The minimum atomic E-state index is -0.949. The van der Waals surface area contributed by atoms with Gasteiger partial charge in [-0.2, -0.15) is 0 Å². The number of thiazole rings is 1. The highest BCUT2D eigenvalue weighted by molar-refractivity contribution is 7.80. The molecule has 0 saturated carbocycles. The molecule has 0 unspecified atom stereocenters. The van der Waals surface area contributed by atoms with Crippen LogP contribution in [-0.4, -0.2) is 16.1 Å². The van der Waals surface area contributed by atoms with E-state index in [0.717, 1.165) is 20.8 Å². The molecule has 1 aromatic heterocycles. The highest BCUT2D eigenvalue weighted by atomic mass is 32.1. The number of nitrogens with zero attached hydrogens (tertiary/aromatic N) is 1. The minimum Gasteiger partial charge on any atom is -0.478 e. The second kappa shape index (κ2) is 4.81. The molecule has 0 aliphatic carbocycles. The van der Waals surface area contributed by atoms with Crippen molar-refractivity contribution in [2.75, 3.05) is 5.73 Å². The Morgan fingerprint density at radius 3 is 2.85 bits per heavy atom. The van der Waals surface area contributed by atoms with Gasteiger partial charge in [-0.05, 0) is 24.3 Å². The molecular weight excluding hydrogens is 292 g/mol. The summed E-state index contributed by atoms with van der Waals surface area (Å²) in [4.78, 5) is 16.2. The van der Waals surface area contributed by atoms with E-state index in [0.29, 0.717) is 10.6 Å². The summed E-state index contributed by atoms with van der Waals surface area (Å²) >= 11 is 5.75. The van der Waals surface area contributed by atoms with Crippen molar-refractivity contribution in [2.24, 2.45) is 0 Å². The van der Waals surface area contributed by atoms with Crippen molar-refractivity contribution in [1.82, 2.24) is 4.98 Å². The molecule has 3 aromatic rings. The first kappa shape index (κ1) is 13.0. The second-order valence-corrected chi connectivity index (χ2v) is 5.80. The topological polar surface area (TPSA) is 76.2 Å². The van der Waals surface area contributed by atoms with E-state index >= 15 is 0 Å². The molecule has 6 heteroatoms. The molecule has 3 N–H and O–H groups in total. The summed E-state index contributed by atoms with van der Waals surface area (Å²) in [5, 5.41) is 9.79. The molecule has 0 fully saturated rings. The maximum atomic E-state index is 11.0. The normalized spacial score (nSPS) is 10.8. The van der Waals surface area contributed by atoms with Crippen LogP contribution in [0, 0.1) is 0 Å². The minimum absolute atomic E-state index is 0.246. The molecule has 0 radical (unpaired) electrons. The quantitative estimate of drug-likeness (QED) is 0.500. The summed E-state index contributed by atoms with van der Waals surface area (Å²) in [6.07, 6.45) is 0. The van der Waals surface area contributed by atoms with Crippen molar-refractivity contribution in [2.45, 2.75) is 4.90 Å². The molecule has 1 heterocycles. The average molecular weight is 302 g/mol. The molecule has 100 valence electrons. The maximum absolute atomic E-state index is 11.0. The standard InChI is InChI=1S/C14H10N2O2S2/c15-9-5-12-10(6-11(9)19)16-13(20-12)7-2-1-3-8(4-7)14(17)18/h1-6,19H,15H2,(H,17,18). The molecule has 0 amide bonds. The molecule has 2 aromatic carbocycles. The van der Waals surface area contributed by atoms with Gasteiger partial charge in [0.05, 0.1) is 15.8 Å². The molecule has 20 heavy (non-hydrogen) atoms. The Hall–Kier alpha value is -2.05. The Morgan fingerprint density at radius 1 is 1.30 bits per heavy atom. The summed E-state index contributed by atoms with van der Waals surface area (Å²) in [6, 6.07) is 10.4. The number of rotatable bonds is 2. The number of carboxylic acid groups (broad SMARTS) is 1. The van der Waals surface area contributed by atoms with E-state index < -0.39 is 5.97 Å². The van der Waals surface area contributed by atoms with Crippen LogP contribution in [0.15, 0.2) is 41.3 Å². The summed E-state index contributed by atoms with van der Waals surface area (Å²) in [6.45, 7) is 0. The monoisotopic (exact) mass is 302 g/mol. The molecule has 0 atom stereocenters. The van der Waals surface area contributed by atoms with Crippen LogP contribution in [0.25, 0.3) is 20.8 Å². The van der Waals surface area contributed by atoms with Crippen LogP contribution in [0.2, 0.25) is 0 Å². The van der Waals surface area contributed by atoms with Crippen LogP contribution in [0.4, 0.5) is 5.69 Å². The highest BCUT2D eigenvalue weighted by Gasteiger charge is 2.10. The van der Waals surface area contributed by atoms with Crippen molar-refractivity contribution in [3.05, 3.63) is 42.0 Å². The fourth-order valence-corrected chi connectivity index (χ4v) is 3.07. The van der Waals surface area contributed by atoms with Crippen LogP contribution < -0.4 is 5.73 Å². The lowest BCUT2D eigenvalue weighted by atomic mass is 10.1. The molecular formula is C14H10N2O2S2. The van der Waals surface area contributed by atoms with Gasteiger partial charge in [0.2, 0.25) is 0 Å². The number of carbonyl (C=O) groups is 1. The third-order valence-corrected chi connectivity index (χ3v) is 4.35. The number of hydrogen-bond acceptors (Lipinski definition) is 5. The van der Waals surface area contributed by atoms with Crippen molar-refractivity contribution < 1.29 is 9.90 Å². The first-order valence-electron chi connectivity index (χ1n) is 5.77. The largest absolute Gasteiger partial charge is 0.478 e. The fraction of sp³-hybridized carbons (Fsp3) is 0. The van der Waals surface area contributed by atoms with E-state index in [9.17, 15) is 4.79 Å². The molecule has 3 rings (SSSR count). The Kier molecular flexibility index (Phi) is 3.11. The molecule has 4 nitrogen and oxygen atoms in total. The Bertz CT molecular complexity index is 788. The molecule has 0 saturated heterocycles. The number of thiol groups is 1. The van der Waals surface area contributed by atoms with Gasteiger partial charge in [-0.1, -0.05) is 12.1 Å². The van der Waals surface area contributed by atoms with Gasteiger partial charge in [0.25, 0.3) is 0 Å². The van der Waals surface area contributed by atoms with E-state index in [-0.39, 0.29) is 5.56 Å². The van der Waals surface area contributed by atoms with Gasteiger partial charge in [-0.3, -0.25) is 0 Å². The van der Waals surface area contributed by atoms with Crippen molar-refractivity contribution >= 4 is 45.8 Å². The fourth-order valence-electron chi connectivity index (χ4n) is 1.89. The number of nitrogen functional groups attached to an aromatic ring is 1. The van der Waals surface area contributed by atoms with E-state index in [1.807, 2.05) is 18.2 Å². The lowest BCUT2D eigenvalue weighted by molar-refractivity contribution is 0.0697. The van der Waals surface area contributed by atoms with Crippen LogP contribution in [0.1, 0.15) is 10.4 Å². The van der Waals surface area contributed by atoms with E-state index in [4.69, 9.17) is 10.8 Å². The summed E-state index contributed by atoms with van der Waals surface area (Å²) in [7, 11) is 0. The van der Waals surface area contributed by atoms with Crippen molar-refractivity contribution in [3.8, 4) is 10.6 Å². The molecule has 0 bridgehead atoms. The first-order valence-corrected chi connectivity index (χ1v) is 7.04. The highest BCUT2D eigenvalue weighted by Crippen LogP contribution is 2.33. The van der Waals surface area contributed by atoms with Crippen molar-refractivity contribution in [1.29, 1.82) is 0 Å². The van der Waals surface area contributed by atoms with Crippen LogP contribution in [0.5, 0.6) is 0 Å². The Labute approximate surface area is 124 Å². The lowest BCUT2D eigenvalue weighted by Gasteiger charge is -1.97.